The van der Waals surface area contributed by atoms with E-state index in [1.54, 1.807) is 29.5 Å². The van der Waals surface area contributed by atoms with Crippen LogP contribution in [0, 0.1) is 0 Å². The molecule has 6 heteroatoms. The van der Waals surface area contributed by atoms with Gasteiger partial charge in [0, 0.05) is 25.2 Å². The molecule has 0 aliphatic rings. The lowest BCUT2D eigenvalue weighted by molar-refractivity contribution is -0.116. The van der Waals surface area contributed by atoms with E-state index in [-0.39, 0.29) is 5.91 Å². The van der Waals surface area contributed by atoms with Crippen molar-refractivity contribution in [1.29, 1.82) is 0 Å². The number of nitrogens with zero attached hydrogens (tertiary/aromatic N) is 1. The lowest BCUT2D eigenvalue weighted by Crippen LogP contribution is -2.23. The first kappa shape index (κ1) is 15.8. The first-order valence-electron chi connectivity index (χ1n) is 6.59. The predicted octanol–water partition coefficient (Wildman–Crippen LogP) is 3.44. The average Bonchev–Trinajstić information content (AvgIpc) is 2.92. The van der Waals surface area contributed by atoms with Crippen LogP contribution in [0.15, 0.2) is 35.0 Å². The fraction of sp³-hybridized carbons (Fsp3) is 0.267. The number of hydrogen-bond donors (Lipinski definition) is 2. The smallest absolute Gasteiger partial charge is 0.225 e. The number of anilines is 2. The van der Waals surface area contributed by atoms with Crippen LogP contribution >= 0.6 is 22.9 Å². The van der Waals surface area contributed by atoms with Crippen molar-refractivity contribution in [3.63, 3.8) is 0 Å². The number of hydrogen-bond acceptors (Lipinski definition) is 4. The van der Waals surface area contributed by atoms with Gasteiger partial charge in [0.25, 0.3) is 0 Å². The molecule has 0 saturated carbocycles. The van der Waals surface area contributed by atoms with Gasteiger partial charge >= 0.3 is 0 Å². The quantitative estimate of drug-likeness (QED) is 0.801. The number of nitrogens with two attached hydrogens (primary N) is 1. The molecule has 0 saturated heterocycles. The molecule has 1 amide bonds. The van der Waals surface area contributed by atoms with Gasteiger partial charge in [-0.25, -0.2) is 0 Å². The number of thiophene rings is 1. The minimum atomic E-state index is -0.0566. The number of carbonyl (C=O) groups is 1. The van der Waals surface area contributed by atoms with Crippen molar-refractivity contribution < 1.29 is 4.79 Å². The molecule has 1 aromatic carbocycles. The summed E-state index contributed by atoms with van der Waals surface area (Å²) in [4.78, 5) is 14.0. The molecule has 2 aromatic rings. The molecular weight excluding hydrogens is 306 g/mol. The average molecular weight is 324 g/mol. The Morgan fingerprint density at radius 1 is 1.43 bits per heavy atom. The first-order valence-corrected chi connectivity index (χ1v) is 7.91. The molecule has 21 heavy (non-hydrogen) atoms. The van der Waals surface area contributed by atoms with E-state index in [9.17, 15) is 4.79 Å². The summed E-state index contributed by atoms with van der Waals surface area (Å²) in [5.41, 5.74) is 8.06. The number of benzene rings is 1. The zero-order valence-electron chi connectivity index (χ0n) is 11.8. The van der Waals surface area contributed by atoms with E-state index in [1.807, 2.05) is 7.05 Å². The molecule has 0 atom stereocenters. The van der Waals surface area contributed by atoms with E-state index in [4.69, 9.17) is 17.3 Å². The van der Waals surface area contributed by atoms with Crippen LogP contribution in [0.1, 0.15) is 12.0 Å². The Bertz CT molecular complexity index is 601. The molecule has 4 nitrogen and oxygen atoms in total. The van der Waals surface area contributed by atoms with Crippen LogP contribution in [0.3, 0.4) is 0 Å². The largest absolute Gasteiger partial charge is 0.399 e. The molecule has 0 spiro atoms. The zero-order valence-corrected chi connectivity index (χ0v) is 13.4. The fourth-order valence-corrected chi connectivity index (χ4v) is 2.81. The topological polar surface area (TPSA) is 58.4 Å². The van der Waals surface area contributed by atoms with E-state index in [0.29, 0.717) is 29.4 Å². The maximum absolute atomic E-state index is 11.9. The Morgan fingerprint density at radius 2 is 2.24 bits per heavy atom. The Kier molecular flexibility index (Phi) is 5.61. The van der Waals surface area contributed by atoms with Gasteiger partial charge in [-0.15, -0.1) is 0 Å². The highest BCUT2D eigenvalue weighted by Gasteiger charge is 2.08. The lowest BCUT2D eigenvalue weighted by atomic mass is 10.2. The molecule has 1 heterocycles. The highest BCUT2D eigenvalue weighted by Crippen LogP contribution is 2.24. The van der Waals surface area contributed by atoms with E-state index in [0.717, 1.165) is 6.54 Å². The Morgan fingerprint density at radius 3 is 2.90 bits per heavy atom. The van der Waals surface area contributed by atoms with Crippen LogP contribution < -0.4 is 11.1 Å². The molecule has 2 rings (SSSR count). The summed E-state index contributed by atoms with van der Waals surface area (Å²) in [5, 5.41) is 7.42. The van der Waals surface area contributed by atoms with Gasteiger partial charge in [0.15, 0.2) is 0 Å². The van der Waals surface area contributed by atoms with Crippen molar-refractivity contribution in [3.05, 3.63) is 45.6 Å². The van der Waals surface area contributed by atoms with Crippen molar-refractivity contribution in [2.24, 2.45) is 0 Å². The SMILES string of the molecule is CN(CCC(=O)Nc1ccc(N)cc1Cl)Cc1ccsc1. The molecular formula is C15H18ClN3OS. The standard InChI is InChI=1S/C15H18ClN3OS/c1-19(9-11-5-7-21-10-11)6-4-15(20)18-14-3-2-12(17)8-13(14)16/h2-3,5,7-8,10H,4,6,9,17H2,1H3,(H,18,20). The third-order valence-corrected chi connectivity index (χ3v) is 4.07. The van der Waals surface area contributed by atoms with Crippen molar-refractivity contribution in [2.45, 2.75) is 13.0 Å². The van der Waals surface area contributed by atoms with Crippen molar-refractivity contribution in [3.8, 4) is 0 Å². The Balaban J connectivity index is 1.79. The molecule has 112 valence electrons. The Labute approximate surface area is 133 Å². The highest BCUT2D eigenvalue weighted by atomic mass is 35.5. The number of nitrogen functional groups attached to an aromatic ring is 1. The number of amides is 1. The van der Waals surface area contributed by atoms with Crippen LogP contribution in [0.4, 0.5) is 11.4 Å². The molecule has 0 aliphatic heterocycles. The van der Waals surface area contributed by atoms with Crippen molar-refractivity contribution in [2.75, 3.05) is 24.6 Å². The second-order valence-corrected chi connectivity index (χ2v) is 6.09. The number of nitrogens with one attached hydrogen (secondary N) is 1. The summed E-state index contributed by atoms with van der Waals surface area (Å²) < 4.78 is 0. The van der Waals surface area contributed by atoms with Gasteiger partial charge < -0.3 is 16.0 Å². The molecule has 0 bridgehead atoms. The zero-order chi connectivity index (χ0) is 15.2. The summed E-state index contributed by atoms with van der Waals surface area (Å²) in [6.45, 7) is 1.54. The summed E-state index contributed by atoms with van der Waals surface area (Å²) in [5.74, 6) is -0.0566. The van der Waals surface area contributed by atoms with Crippen molar-refractivity contribution in [1.82, 2.24) is 4.90 Å². The minimum Gasteiger partial charge on any atom is -0.399 e. The van der Waals surface area contributed by atoms with Gasteiger partial charge in [-0.05, 0) is 47.6 Å². The summed E-state index contributed by atoms with van der Waals surface area (Å²) in [6, 6.07) is 7.14. The molecule has 1 aromatic heterocycles. The predicted molar refractivity (Wildman–Crippen MR) is 89.8 cm³/mol. The van der Waals surface area contributed by atoms with E-state index < -0.39 is 0 Å². The molecule has 0 radical (unpaired) electrons. The maximum Gasteiger partial charge on any atom is 0.225 e. The summed E-state index contributed by atoms with van der Waals surface area (Å²) in [6.07, 6.45) is 0.418. The van der Waals surface area contributed by atoms with Crippen LogP contribution in [-0.4, -0.2) is 24.4 Å². The number of carbonyl (C=O) groups excluding carboxylic acids is 1. The van der Waals surface area contributed by atoms with Gasteiger partial charge in [0.2, 0.25) is 5.91 Å². The number of rotatable bonds is 6. The molecule has 0 aliphatic carbocycles. The molecule has 0 unspecified atom stereocenters. The van der Waals surface area contributed by atoms with Gasteiger partial charge in [-0.3, -0.25) is 4.79 Å². The third kappa shape index (κ3) is 5.04. The Hall–Kier alpha value is -1.56. The summed E-state index contributed by atoms with van der Waals surface area (Å²) in [7, 11) is 2.00. The first-order chi connectivity index (χ1) is 10.0. The fourth-order valence-electron chi connectivity index (χ4n) is 1.91. The normalized spacial score (nSPS) is 10.8. The lowest BCUT2D eigenvalue weighted by Gasteiger charge is -2.15. The van der Waals surface area contributed by atoms with Crippen LogP contribution in [-0.2, 0) is 11.3 Å². The van der Waals surface area contributed by atoms with Crippen molar-refractivity contribution >= 4 is 40.2 Å². The monoisotopic (exact) mass is 323 g/mol. The van der Waals surface area contributed by atoms with Gasteiger partial charge in [0.1, 0.15) is 0 Å². The second kappa shape index (κ2) is 7.45. The second-order valence-electron chi connectivity index (χ2n) is 4.91. The van der Waals surface area contributed by atoms with Crippen LogP contribution in [0.2, 0.25) is 5.02 Å². The maximum atomic E-state index is 11.9. The van der Waals surface area contributed by atoms with Gasteiger partial charge in [-0.2, -0.15) is 11.3 Å². The highest BCUT2D eigenvalue weighted by molar-refractivity contribution is 7.07. The molecule has 0 fully saturated rings. The van der Waals surface area contributed by atoms with Crippen LogP contribution in [0.25, 0.3) is 0 Å². The van der Waals surface area contributed by atoms with Crippen LogP contribution in [0.5, 0.6) is 0 Å². The minimum absolute atomic E-state index is 0.0566. The van der Waals surface area contributed by atoms with E-state index in [2.05, 4.69) is 27.0 Å². The van der Waals surface area contributed by atoms with E-state index >= 15 is 0 Å². The summed E-state index contributed by atoms with van der Waals surface area (Å²) >= 11 is 7.71. The molecule has 3 N–H and O–H groups in total. The van der Waals surface area contributed by atoms with Gasteiger partial charge in [0.05, 0.1) is 10.7 Å². The van der Waals surface area contributed by atoms with Gasteiger partial charge in [-0.1, -0.05) is 11.6 Å². The third-order valence-electron chi connectivity index (χ3n) is 3.02. The van der Waals surface area contributed by atoms with E-state index in [1.165, 1.54) is 5.56 Å². The number of halogens is 1.